The van der Waals surface area contributed by atoms with Crippen LogP contribution in [0.5, 0.6) is 5.75 Å². The summed E-state index contributed by atoms with van der Waals surface area (Å²) in [5, 5.41) is 0. The number of nitrogens with zero attached hydrogens (tertiary/aromatic N) is 2. The van der Waals surface area contributed by atoms with E-state index in [0.717, 1.165) is 12.1 Å². The first-order chi connectivity index (χ1) is 12.7. The Morgan fingerprint density at radius 1 is 1.33 bits per heavy atom. The van der Waals surface area contributed by atoms with E-state index in [1.54, 1.807) is 16.5 Å². The van der Waals surface area contributed by atoms with E-state index in [9.17, 15) is 18.0 Å². The summed E-state index contributed by atoms with van der Waals surface area (Å²) in [5.41, 5.74) is 1.27. The molecule has 0 saturated carbocycles. The van der Waals surface area contributed by atoms with Crippen LogP contribution in [-0.4, -0.2) is 35.0 Å². The molecule has 3 rings (SSSR count). The summed E-state index contributed by atoms with van der Waals surface area (Å²) >= 11 is 1.28. The summed E-state index contributed by atoms with van der Waals surface area (Å²) in [6.07, 6.45) is -1.79. The summed E-state index contributed by atoms with van der Waals surface area (Å²) in [6.45, 7) is 4.75. The van der Waals surface area contributed by atoms with Gasteiger partial charge in [0.25, 0.3) is 0 Å². The molecule has 27 heavy (non-hydrogen) atoms. The van der Waals surface area contributed by atoms with Gasteiger partial charge in [0, 0.05) is 31.1 Å². The van der Waals surface area contributed by atoms with Gasteiger partial charge in [0.15, 0.2) is 0 Å². The first-order valence-corrected chi connectivity index (χ1v) is 9.65. The standard InChI is InChI=1S/C19H21F3N2O2S/c1-12(2)24-9-13(3-4-18(24)25)10-26-16-6-14(17-8-23-11-27-17)5-15(7-16)19(20,21)22/h5-8,11-13H,3-4,9-10H2,1-2H3. The van der Waals surface area contributed by atoms with Crippen LogP contribution < -0.4 is 4.74 Å². The fraction of sp³-hybridized carbons (Fsp3) is 0.474. The zero-order chi connectivity index (χ0) is 19.6. The van der Waals surface area contributed by atoms with Gasteiger partial charge in [-0.3, -0.25) is 9.78 Å². The van der Waals surface area contributed by atoms with Gasteiger partial charge in [0.05, 0.1) is 22.6 Å². The third kappa shape index (κ3) is 4.80. The highest BCUT2D eigenvalue weighted by molar-refractivity contribution is 7.13. The number of halogens is 3. The zero-order valence-corrected chi connectivity index (χ0v) is 15.9. The third-order valence-electron chi connectivity index (χ3n) is 4.60. The second-order valence-electron chi connectivity index (χ2n) is 6.97. The molecule has 1 aliphatic heterocycles. The number of carbonyl (C=O) groups excluding carboxylic acids is 1. The number of rotatable bonds is 5. The molecule has 0 bridgehead atoms. The second kappa shape index (κ2) is 7.88. The van der Waals surface area contributed by atoms with Gasteiger partial charge in [-0.1, -0.05) is 0 Å². The molecule has 1 atom stereocenters. The number of alkyl halides is 3. The van der Waals surface area contributed by atoms with Crippen LogP contribution in [0, 0.1) is 5.92 Å². The van der Waals surface area contributed by atoms with Gasteiger partial charge >= 0.3 is 6.18 Å². The zero-order valence-electron chi connectivity index (χ0n) is 15.1. The molecular formula is C19H21F3N2O2S. The van der Waals surface area contributed by atoms with E-state index in [-0.39, 0.29) is 30.2 Å². The molecule has 146 valence electrons. The van der Waals surface area contributed by atoms with Gasteiger partial charge in [-0.15, -0.1) is 11.3 Å². The summed E-state index contributed by atoms with van der Waals surface area (Å²) in [6, 6.07) is 3.85. The molecule has 2 heterocycles. The fourth-order valence-corrected chi connectivity index (χ4v) is 3.75. The van der Waals surface area contributed by atoms with E-state index in [1.165, 1.54) is 17.5 Å². The van der Waals surface area contributed by atoms with Crippen LogP contribution in [-0.2, 0) is 11.0 Å². The molecule has 0 aliphatic carbocycles. The molecule has 1 saturated heterocycles. The molecule has 1 aromatic carbocycles. The Morgan fingerprint density at radius 2 is 2.11 bits per heavy atom. The lowest BCUT2D eigenvalue weighted by Crippen LogP contribution is -2.45. The monoisotopic (exact) mass is 398 g/mol. The van der Waals surface area contributed by atoms with Gasteiger partial charge < -0.3 is 9.64 Å². The predicted molar refractivity (Wildman–Crippen MR) is 97.6 cm³/mol. The number of benzene rings is 1. The second-order valence-corrected chi connectivity index (χ2v) is 7.85. The van der Waals surface area contributed by atoms with Gasteiger partial charge in [-0.2, -0.15) is 13.2 Å². The van der Waals surface area contributed by atoms with Gasteiger partial charge in [-0.05, 0) is 44.0 Å². The van der Waals surface area contributed by atoms with Gasteiger partial charge in [0.1, 0.15) is 5.75 Å². The minimum atomic E-state index is -4.45. The average Bonchev–Trinajstić information content (AvgIpc) is 3.14. The largest absolute Gasteiger partial charge is 0.493 e. The van der Waals surface area contributed by atoms with Crippen molar-refractivity contribution in [1.82, 2.24) is 9.88 Å². The predicted octanol–water partition coefficient (Wildman–Crippen LogP) is 4.85. The van der Waals surface area contributed by atoms with Crippen LogP contribution in [0.2, 0.25) is 0 Å². The number of likely N-dealkylation sites (tertiary alicyclic amines) is 1. The molecule has 1 unspecified atom stereocenters. The highest BCUT2D eigenvalue weighted by Gasteiger charge is 2.32. The van der Waals surface area contributed by atoms with Crippen molar-refractivity contribution in [1.29, 1.82) is 0 Å². The maximum absolute atomic E-state index is 13.3. The van der Waals surface area contributed by atoms with Crippen molar-refractivity contribution in [2.75, 3.05) is 13.2 Å². The Morgan fingerprint density at radius 3 is 2.74 bits per heavy atom. The number of carbonyl (C=O) groups is 1. The van der Waals surface area contributed by atoms with Crippen molar-refractivity contribution in [2.24, 2.45) is 5.92 Å². The molecule has 2 aromatic rings. The number of aromatic nitrogens is 1. The van der Waals surface area contributed by atoms with E-state index in [4.69, 9.17) is 4.74 Å². The smallest absolute Gasteiger partial charge is 0.416 e. The number of piperidine rings is 1. The van der Waals surface area contributed by atoms with Crippen LogP contribution >= 0.6 is 11.3 Å². The molecule has 1 aliphatic rings. The quantitative estimate of drug-likeness (QED) is 0.723. The lowest BCUT2D eigenvalue weighted by Gasteiger charge is -2.35. The SMILES string of the molecule is CC(C)N1CC(COc2cc(-c3cncs3)cc(C(F)(F)F)c2)CCC1=O. The Hall–Kier alpha value is -2.09. The Labute approximate surface area is 160 Å². The van der Waals surface area contributed by atoms with Crippen molar-refractivity contribution in [2.45, 2.75) is 38.9 Å². The topological polar surface area (TPSA) is 42.4 Å². The number of hydrogen-bond acceptors (Lipinski definition) is 4. The molecule has 0 N–H and O–H groups in total. The summed E-state index contributed by atoms with van der Waals surface area (Å²) < 4.78 is 45.5. The van der Waals surface area contributed by atoms with E-state index in [2.05, 4.69) is 4.98 Å². The number of thiazole rings is 1. The van der Waals surface area contributed by atoms with Gasteiger partial charge in [-0.25, -0.2) is 0 Å². The van der Waals surface area contributed by atoms with Crippen LogP contribution in [0.3, 0.4) is 0 Å². The Kier molecular flexibility index (Phi) is 5.74. The molecule has 8 heteroatoms. The van der Waals surface area contributed by atoms with Crippen molar-refractivity contribution in [3.05, 3.63) is 35.5 Å². The average molecular weight is 398 g/mol. The lowest BCUT2D eigenvalue weighted by atomic mass is 9.97. The normalized spacial score (nSPS) is 18.2. The van der Waals surface area contributed by atoms with Crippen LogP contribution in [0.1, 0.15) is 32.3 Å². The molecule has 1 amide bonds. The first kappa shape index (κ1) is 19.7. The van der Waals surface area contributed by atoms with Crippen LogP contribution in [0.15, 0.2) is 29.9 Å². The Balaban J connectivity index is 1.76. The summed E-state index contributed by atoms with van der Waals surface area (Å²) in [4.78, 5) is 18.3. The Bertz CT molecular complexity index is 791. The van der Waals surface area contributed by atoms with E-state index >= 15 is 0 Å². The highest BCUT2D eigenvalue weighted by Crippen LogP contribution is 2.36. The van der Waals surface area contributed by atoms with Crippen molar-refractivity contribution in [3.63, 3.8) is 0 Å². The van der Waals surface area contributed by atoms with Crippen molar-refractivity contribution in [3.8, 4) is 16.2 Å². The van der Waals surface area contributed by atoms with E-state index < -0.39 is 11.7 Å². The van der Waals surface area contributed by atoms with Crippen LogP contribution in [0.4, 0.5) is 13.2 Å². The summed E-state index contributed by atoms with van der Waals surface area (Å²) in [7, 11) is 0. The summed E-state index contributed by atoms with van der Waals surface area (Å²) in [5.74, 6) is 0.403. The van der Waals surface area contributed by atoms with Crippen molar-refractivity contribution >= 4 is 17.2 Å². The number of amides is 1. The molecule has 0 radical (unpaired) electrons. The van der Waals surface area contributed by atoms with Crippen molar-refractivity contribution < 1.29 is 22.7 Å². The maximum Gasteiger partial charge on any atom is 0.416 e. The van der Waals surface area contributed by atoms with Gasteiger partial charge in [0.2, 0.25) is 5.91 Å². The molecular weight excluding hydrogens is 377 g/mol. The highest BCUT2D eigenvalue weighted by atomic mass is 32.1. The lowest BCUT2D eigenvalue weighted by molar-refractivity contribution is -0.138. The maximum atomic E-state index is 13.3. The van der Waals surface area contributed by atoms with Crippen LogP contribution in [0.25, 0.3) is 10.4 Å². The fourth-order valence-electron chi connectivity index (χ4n) is 3.14. The van der Waals surface area contributed by atoms with E-state index in [1.807, 2.05) is 13.8 Å². The number of hydrogen-bond donors (Lipinski definition) is 0. The molecule has 0 spiro atoms. The molecule has 1 aromatic heterocycles. The molecule has 1 fully saturated rings. The molecule has 4 nitrogen and oxygen atoms in total. The minimum Gasteiger partial charge on any atom is -0.493 e. The first-order valence-electron chi connectivity index (χ1n) is 8.77. The minimum absolute atomic E-state index is 0.103. The van der Waals surface area contributed by atoms with E-state index in [0.29, 0.717) is 29.8 Å². The third-order valence-corrected chi connectivity index (χ3v) is 5.42. The number of ether oxygens (including phenoxy) is 1.